The molecule has 4 heterocycles. The maximum atomic E-state index is 4.80. The first-order valence-corrected chi connectivity index (χ1v) is 9.16. The monoisotopic (exact) mass is 347 g/mol. The third-order valence-corrected chi connectivity index (χ3v) is 5.24. The SMILES string of the molecule is c1cc(N2CCN(c3ncnc4c3CCC4)CC2)nc(-n2ccnc2)c1. The zero-order valence-electron chi connectivity index (χ0n) is 14.6. The van der Waals surface area contributed by atoms with Crippen molar-refractivity contribution in [2.45, 2.75) is 19.3 Å². The van der Waals surface area contributed by atoms with Crippen LogP contribution >= 0.6 is 0 Å². The number of aryl methyl sites for hydroxylation is 1. The van der Waals surface area contributed by atoms with Crippen LogP contribution < -0.4 is 9.80 Å². The fourth-order valence-corrected chi connectivity index (χ4v) is 3.89. The minimum Gasteiger partial charge on any atom is -0.353 e. The average Bonchev–Trinajstić information content (AvgIpc) is 3.40. The van der Waals surface area contributed by atoms with Crippen molar-refractivity contribution in [2.24, 2.45) is 0 Å². The third kappa shape index (κ3) is 2.69. The molecular weight excluding hydrogens is 326 g/mol. The summed E-state index contributed by atoms with van der Waals surface area (Å²) in [6.45, 7) is 3.80. The highest BCUT2D eigenvalue weighted by molar-refractivity contribution is 5.52. The molecule has 7 nitrogen and oxygen atoms in total. The molecule has 0 N–H and O–H groups in total. The van der Waals surface area contributed by atoms with E-state index in [-0.39, 0.29) is 0 Å². The number of anilines is 2. The van der Waals surface area contributed by atoms with Crippen molar-refractivity contribution in [3.63, 3.8) is 0 Å². The lowest BCUT2D eigenvalue weighted by atomic mass is 10.2. The van der Waals surface area contributed by atoms with Gasteiger partial charge in [0.15, 0.2) is 0 Å². The lowest BCUT2D eigenvalue weighted by molar-refractivity contribution is 0.638. The molecule has 0 radical (unpaired) electrons. The molecule has 3 aromatic rings. The third-order valence-electron chi connectivity index (χ3n) is 5.24. The van der Waals surface area contributed by atoms with E-state index >= 15 is 0 Å². The second-order valence-electron chi connectivity index (χ2n) is 6.77. The predicted octanol–water partition coefficient (Wildman–Crippen LogP) is 1.87. The first-order chi connectivity index (χ1) is 12.9. The van der Waals surface area contributed by atoms with E-state index in [0.29, 0.717) is 0 Å². The summed E-state index contributed by atoms with van der Waals surface area (Å²) in [5.74, 6) is 3.06. The number of piperazine rings is 1. The molecule has 1 saturated heterocycles. The van der Waals surface area contributed by atoms with Gasteiger partial charge in [0, 0.05) is 49.8 Å². The zero-order chi connectivity index (χ0) is 17.3. The van der Waals surface area contributed by atoms with Gasteiger partial charge in [-0.3, -0.25) is 4.57 Å². The van der Waals surface area contributed by atoms with Crippen molar-refractivity contribution in [3.05, 3.63) is 54.5 Å². The van der Waals surface area contributed by atoms with Crippen LogP contribution in [0.5, 0.6) is 0 Å². The van der Waals surface area contributed by atoms with E-state index in [1.54, 1.807) is 18.9 Å². The van der Waals surface area contributed by atoms with Gasteiger partial charge in [-0.2, -0.15) is 0 Å². The molecule has 0 spiro atoms. The average molecular weight is 347 g/mol. The summed E-state index contributed by atoms with van der Waals surface area (Å²) in [5.41, 5.74) is 2.60. The van der Waals surface area contributed by atoms with Gasteiger partial charge >= 0.3 is 0 Å². The fraction of sp³-hybridized carbons (Fsp3) is 0.368. The van der Waals surface area contributed by atoms with Gasteiger partial charge in [0.25, 0.3) is 0 Å². The van der Waals surface area contributed by atoms with Gasteiger partial charge in [-0.05, 0) is 31.4 Å². The summed E-state index contributed by atoms with van der Waals surface area (Å²) < 4.78 is 1.93. The summed E-state index contributed by atoms with van der Waals surface area (Å²) in [5, 5.41) is 0. The van der Waals surface area contributed by atoms with Gasteiger partial charge in [0.1, 0.15) is 30.1 Å². The molecule has 3 aromatic heterocycles. The quantitative estimate of drug-likeness (QED) is 0.721. The Hall–Kier alpha value is -2.96. The summed E-state index contributed by atoms with van der Waals surface area (Å²) in [6, 6.07) is 6.14. The number of hydrogen-bond acceptors (Lipinski definition) is 6. The standard InChI is InChI=1S/C19H21N7/c1-3-15-16(4-1)21-13-22-19(15)25-11-9-24(10-12-25)17-5-2-6-18(23-17)26-8-7-20-14-26/h2,5-8,13-14H,1,3-4,9-12H2. The molecule has 0 bridgehead atoms. The normalized spacial score (nSPS) is 16.8. The smallest absolute Gasteiger partial charge is 0.140 e. The number of aromatic nitrogens is 5. The molecule has 0 saturated carbocycles. The van der Waals surface area contributed by atoms with Crippen LogP contribution in [0.3, 0.4) is 0 Å². The van der Waals surface area contributed by atoms with Gasteiger partial charge in [0.2, 0.25) is 0 Å². The van der Waals surface area contributed by atoms with Crippen LogP contribution in [0.1, 0.15) is 17.7 Å². The Morgan fingerprint density at radius 3 is 2.58 bits per heavy atom. The Morgan fingerprint density at radius 2 is 1.73 bits per heavy atom. The summed E-state index contributed by atoms with van der Waals surface area (Å²) >= 11 is 0. The van der Waals surface area contributed by atoms with E-state index in [4.69, 9.17) is 4.98 Å². The molecule has 26 heavy (non-hydrogen) atoms. The van der Waals surface area contributed by atoms with Crippen molar-refractivity contribution >= 4 is 11.6 Å². The lowest BCUT2D eigenvalue weighted by Gasteiger charge is -2.36. The van der Waals surface area contributed by atoms with Crippen LogP contribution in [-0.4, -0.2) is 50.7 Å². The molecular formula is C19H21N7. The highest BCUT2D eigenvalue weighted by atomic mass is 15.3. The molecule has 0 atom stereocenters. The first kappa shape index (κ1) is 15.3. The second-order valence-corrected chi connectivity index (χ2v) is 6.77. The van der Waals surface area contributed by atoms with Gasteiger partial charge in [-0.1, -0.05) is 6.07 Å². The highest BCUT2D eigenvalue weighted by Crippen LogP contribution is 2.28. The molecule has 0 unspecified atom stereocenters. The first-order valence-electron chi connectivity index (χ1n) is 9.16. The molecule has 0 amide bonds. The van der Waals surface area contributed by atoms with Crippen molar-refractivity contribution in [3.8, 4) is 5.82 Å². The number of hydrogen-bond donors (Lipinski definition) is 0. The van der Waals surface area contributed by atoms with E-state index in [2.05, 4.69) is 36.9 Å². The Morgan fingerprint density at radius 1 is 0.885 bits per heavy atom. The maximum absolute atomic E-state index is 4.80. The van der Waals surface area contributed by atoms with Crippen LogP contribution in [0, 0.1) is 0 Å². The maximum Gasteiger partial charge on any atom is 0.140 e. The van der Waals surface area contributed by atoms with Crippen LogP contribution in [0.4, 0.5) is 11.6 Å². The summed E-state index contributed by atoms with van der Waals surface area (Å²) in [4.78, 5) is 22.7. The zero-order valence-corrected chi connectivity index (χ0v) is 14.6. The van der Waals surface area contributed by atoms with Gasteiger partial charge in [-0.25, -0.2) is 19.9 Å². The molecule has 1 aliphatic heterocycles. The summed E-state index contributed by atoms with van der Waals surface area (Å²) in [6.07, 6.45) is 10.6. The Balaban J connectivity index is 1.32. The van der Waals surface area contributed by atoms with E-state index in [1.165, 1.54) is 17.7 Å². The number of imidazole rings is 1. The highest BCUT2D eigenvalue weighted by Gasteiger charge is 2.24. The second kappa shape index (κ2) is 6.40. The van der Waals surface area contributed by atoms with E-state index < -0.39 is 0 Å². The van der Waals surface area contributed by atoms with Gasteiger partial charge in [-0.15, -0.1) is 0 Å². The van der Waals surface area contributed by atoms with Gasteiger partial charge in [0.05, 0.1) is 0 Å². The lowest BCUT2D eigenvalue weighted by Crippen LogP contribution is -2.47. The number of fused-ring (bicyclic) bond motifs is 1. The molecule has 1 aliphatic carbocycles. The molecule has 5 rings (SSSR count). The number of pyridine rings is 1. The summed E-state index contributed by atoms with van der Waals surface area (Å²) in [7, 11) is 0. The minimum atomic E-state index is 0.899. The van der Waals surface area contributed by atoms with E-state index in [1.807, 2.05) is 16.8 Å². The molecule has 0 aromatic carbocycles. The molecule has 132 valence electrons. The molecule has 7 heteroatoms. The van der Waals surface area contributed by atoms with Crippen molar-refractivity contribution in [2.75, 3.05) is 36.0 Å². The predicted molar refractivity (Wildman–Crippen MR) is 99.8 cm³/mol. The van der Waals surface area contributed by atoms with Crippen molar-refractivity contribution < 1.29 is 0 Å². The van der Waals surface area contributed by atoms with Crippen LogP contribution in [0.25, 0.3) is 5.82 Å². The fourth-order valence-electron chi connectivity index (χ4n) is 3.89. The number of nitrogens with zero attached hydrogens (tertiary/aromatic N) is 7. The van der Waals surface area contributed by atoms with E-state index in [9.17, 15) is 0 Å². The van der Waals surface area contributed by atoms with Crippen LogP contribution in [-0.2, 0) is 12.8 Å². The Bertz CT molecular complexity index is 898. The topological polar surface area (TPSA) is 63.0 Å². The molecule has 2 aliphatic rings. The van der Waals surface area contributed by atoms with Crippen molar-refractivity contribution in [1.29, 1.82) is 0 Å². The van der Waals surface area contributed by atoms with Crippen molar-refractivity contribution in [1.82, 2.24) is 24.5 Å². The molecule has 1 fully saturated rings. The van der Waals surface area contributed by atoms with Gasteiger partial charge < -0.3 is 9.80 Å². The van der Waals surface area contributed by atoms with Crippen LogP contribution in [0.2, 0.25) is 0 Å². The van der Waals surface area contributed by atoms with Crippen LogP contribution in [0.15, 0.2) is 43.2 Å². The number of rotatable bonds is 3. The minimum absolute atomic E-state index is 0.899. The Kier molecular flexibility index (Phi) is 3.77. The Labute approximate surface area is 152 Å². The largest absolute Gasteiger partial charge is 0.353 e. The van der Waals surface area contributed by atoms with E-state index in [0.717, 1.165) is 56.5 Å².